The van der Waals surface area contributed by atoms with Crippen LogP contribution < -0.4 is 10.2 Å². The zero-order valence-electron chi connectivity index (χ0n) is 16.3. The number of aromatic nitrogens is 2. The van der Waals surface area contributed by atoms with Crippen molar-refractivity contribution < 1.29 is 9.59 Å². The molecule has 1 aromatic carbocycles. The van der Waals surface area contributed by atoms with Crippen LogP contribution in [0.1, 0.15) is 19.5 Å². The zero-order chi connectivity index (χ0) is 20.3. The zero-order valence-corrected chi connectivity index (χ0v) is 17.1. The molecule has 2 aromatic heterocycles. The van der Waals surface area contributed by atoms with Gasteiger partial charge in [-0.15, -0.1) is 0 Å². The number of aryl methyl sites for hydroxylation is 1. The summed E-state index contributed by atoms with van der Waals surface area (Å²) in [5.74, 6) is -0.171. The van der Waals surface area contributed by atoms with Gasteiger partial charge >= 0.3 is 4.87 Å². The standard InChI is InChI=1S/C20H24N4O3S/c1-4-22(5-2)19(26)12-23-9-8-15-10-16(6-7-17(15)23)21-18(25)11-24-14(3)13-28-20(24)27/h6-10,13H,4-5,11-12H2,1-3H3,(H,21,25). The van der Waals surface area contributed by atoms with E-state index in [4.69, 9.17) is 0 Å². The Balaban J connectivity index is 1.72. The normalized spacial score (nSPS) is 11.0. The molecule has 0 aliphatic heterocycles. The summed E-state index contributed by atoms with van der Waals surface area (Å²) >= 11 is 1.09. The van der Waals surface area contributed by atoms with E-state index in [-0.39, 0.29) is 29.8 Å². The van der Waals surface area contributed by atoms with Crippen molar-refractivity contribution in [2.24, 2.45) is 0 Å². The van der Waals surface area contributed by atoms with Gasteiger partial charge in [-0.25, -0.2) is 0 Å². The predicted octanol–water partition coefficient (Wildman–Crippen LogP) is 2.68. The molecule has 0 radical (unpaired) electrons. The summed E-state index contributed by atoms with van der Waals surface area (Å²) in [5, 5.41) is 5.51. The molecule has 0 fully saturated rings. The number of likely N-dealkylation sites (N-methyl/N-ethyl adjacent to an activating group) is 1. The van der Waals surface area contributed by atoms with Crippen LogP contribution in [-0.4, -0.2) is 38.9 Å². The van der Waals surface area contributed by atoms with Crippen molar-refractivity contribution in [1.82, 2.24) is 14.0 Å². The lowest BCUT2D eigenvalue weighted by atomic mass is 10.2. The van der Waals surface area contributed by atoms with E-state index in [2.05, 4.69) is 5.32 Å². The highest BCUT2D eigenvalue weighted by molar-refractivity contribution is 7.07. The van der Waals surface area contributed by atoms with Gasteiger partial charge < -0.3 is 14.8 Å². The highest BCUT2D eigenvalue weighted by atomic mass is 32.1. The summed E-state index contributed by atoms with van der Waals surface area (Å²) in [6.07, 6.45) is 1.88. The van der Waals surface area contributed by atoms with Gasteiger partial charge in [0.25, 0.3) is 0 Å². The van der Waals surface area contributed by atoms with Crippen LogP contribution >= 0.6 is 11.3 Å². The van der Waals surface area contributed by atoms with E-state index in [1.807, 2.05) is 48.9 Å². The van der Waals surface area contributed by atoms with Crippen molar-refractivity contribution in [3.8, 4) is 0 Å². The number of fused-ring (bicyclic) bond motifs is 1. The van der Waals surface area contributed by atoms with E-state index >= 15 is 0 Å². The lowest BCUT2D eigenvalue weighted by molar-refractivity contribution is -0.131. The van der Waals surface area contributed by atoms with Gasteiger partial charge in [0.2, 0.25) is 11.8 Å². The number of nitrogens with one attached hydrogen (secondary N) is 1. The Morgan fingerprint density at radius 3 is 2.54 bits per heavy atom. The van der Waals surface area contributed by atoms with Gasteiger partial charge in [0, 0.05) is 47.0 Å². The van der Waals surface area contributed by atoms with Gasteiger partial charge in [0.15, 0.2) is 0 Å². The first-order chi connectivity index (χ1) is 13.4. The molecule has 0 saturated heterocycles. The number of nitrogens with zero attached hydrogens (tertiary/aromatic N) is 3. The third-order valence-corrected chi connectivity index (χ3v) is 5.64. The average molecular weight is 401 g/mol. The maximum absolute atomic E-state index is 12.4. The number of carbonyl (C=O) groups excluding carboxylic acids is 2. The van der Waals surface area contributed by atoms with Crippen molar-refractivity contribution in [2.75, 3.05) is 18.4 Å². The number of carbonyl (C=O) groups is 2. The topological polar surface area (TPSA) is 76.3 Å². The summed E-state index contributed by atoms with van der Waals surface area (Å²) in [7, 11) is 0. The Morgan fingerprint density at radius 2 is 1.89 bits per heavy atom. The molecule has 1 N–H and O–H groups in total. The Kier molecular flexibility index (Phi) is 5.99. The molecule has 0 bridgehead atoms. The molecule has 0 aliphatic rings. The fourth-order valence-corrected chi connectivity index (χ4v) is 3.91. The largest absolute Gasteiger partial charge is 0.342 e. The molecule has 0 atom stereocenters. The molecule has 0 unspecified atom stereocenters. The number of rotatable bonds is 7. The number of thiazole rings is 1. The van der Waals surface area contributed by atoms with Crippen molar-refractivity contribution in [2.45, 2.75) is 33.9 Å². The van der Waals surface area contributed by atoms with E-state index in [9.17, 15) is 14.4 Å². The van der Waals surface area contributed by atoms with E-state index in [1.54, 1.807) is 17.2 Å². The molecule has 3 aromatic rings. The summed E-state index contributed by atoms with van der Waals surface area (Å²) in [4.78, 5) is 38.1. The third-order valence-electron chi connectivity index (χ3n) is 4.75. The fourth-order valence-electron chi connectivity index (χ4n) is 3.18. The van der Waals surface area contributed by atoms with Crippen molar-refractivity contribution in [3.63, 3.8) is 0 Å². The maximum Gasteiger partial charge on any atom is 0.307 e. The van der Waals surface area contributed by atoms with Gasteiger partial charge in [-0.3, -0.25) is 19.0 Å². The first-order valence-corrected chi connectivity index (χ1v) is 10.1. The number of amides is 2. The van der Waals surface area contributed by atoms with Gasteiger partial charge in [-0.05, 0) is 45.0 Å². The SMILES string of the molecule is CCN(CC)C(=O)Cn1ccc2cc(NC(=O)Cn3c(C)csc3=O)ccc21. The summed E-state index contributed by atoms with van der Waals surface area (Å²) in [6.45, 7) is 7.41. The van der Waals surface area contributed by atoms with Gasteiger partial charge in [0.1, 0.15) is 13.1 Å². The first-order valence-electron chi connectivity index (χ1n) is 9.24. The summed E-state index contributed by atoms with van der Waals surface area (Å²) in [6, 6.07) is 7.49. The molecule has 0 saturated carbocycles. The first kappa shape index (κ1) is 19.9. The van der Waals surface area contributed by atoms with Crippen LogP contribution in [0.5, 0.6) is 0 Å². The molecule has 148 valence electrons. The van der Waals surface area contributed by atoms with Gasteiger partial charge in [-0.2, -0.15) is 0 Å². The Bertz CT molecular complexity index is 1060. The van der Waals surface area contributed by atoms with E-state index in [0.29, 0.717) is 18.8 Å². The highest BCUT2D eigenvalue weighted by Crippen LogP contribution is 2.21. The van der Waals surface area contributed by atoms with Crippen LogP contribution in [0, 0.1) is 6.92 Å². The molecular formula is C20H24N4O3S. The van der Waals surface area contributed by atoms with E-state index in [1.165, 1.54) is 4.57 Å². The second-order valence-electron chi connectivity index (χ2n) is 6.56. The number of anilines is 1. The molecule has 3 rings (SSSR count). The third kappa shape index (κ3) is 4.17. The Labute approximate surface area is 167 Å². The monoisotopic (exact) mass is 400 g/mol. The minimum Gasteiger partial charge on any atom is -0.342 e. The fraction of sp³-hybridized carbons (Fsp3) is 0.350. The lowest BCUT2D eigenvalue weighted by Crippen LogP contribution is -2.33. The second-order valence-corrected chi connectivity index (χ2v) is 7.38. The smallest absolute Gasteiger partial charge is 0.307 e. The van der Waals surface area contributed by atoms with Gasteiger partial charge in [0.05, 0.1) is 0 Å². The molecular weight excluding hydrogens is 376 g/mol. The number of benzene rings is 1. The molecule has 28 heavy (non-hydrogen) atoms. The molecule has 2 amide bonds. The van der Waals surface area contributed by atoms with E-state index in [0.717, 1.165) is 27.9 Å². The van der Waals surface area contributed by atoms with Crippen LogP contribution in [0.4, 0.5) is 5.69 Å². The van der Waals surface area contributed by atoms with Crippen molar-refractivity contribution in [1.29, 1.82) is 0 Å². The van der Waals surface area contributed by atoms with Crippen LogP contribution in [0.2, 0.25) is 0 Å². The predicted molar refractivity (Wildman–Crippen MR) is 112 cm³/mol. The number of hydrogen-bond acceptors (Lipinski definition) is 4. The Morgan fingerprint density at radius 1 is 1.14 bits per heavy atom. The van der Waals surface area contributed by atoms with Crippen LogP contribution in [0.3, 0.4) is 0 Å². The van der Waals surface area contributed by atoms with Crippen LogP contribution in [0.15, 0.2) is 40.6 Å². The quantitative estimate of drug-likeness (QED) is 0.662. The van der Waals surface area contributed by atoms with Crippen molar-refractivity contribution >= 4 is 39.7 Å². The summed E-state index contributed by atoms with van der Waals surface area (Å²) < 4.78 is 3.36. The summed E-state index contributed by atoms with van der Waals surface area (Å²) in [5.41, 5.74) is 2.37. The Hall–Kier alpha value is -2.87. The molecule has 8 heteroatoms. The van der Waals surface area contributed by atoms with Crippen molar-refractivity contribution in [3.05, 3.63) is 51.2 Å². The lowest BCUT2D eigenvalue weighted by Gasteiger charge is -2.19. The molecule has 2 heterocycles. The minimum atomic E-state index is -0.251. The molecule has 0 aliphatic carbocycles. The molecule has 0 spiro atoms. The molecule has 7 nitrogen and oxygen atoms in total. The second kappa shape index (κ2) is 8.43. The number of hydrogen-bond donors (Lipinski definition) is 1. The van der Waals surface area contributed by atoms with Crippen LogP contribution in [0.25, 0.3) is 10.9 Å². The minimum absolute atomic E-state index is 0.00835. The highest BCUT2D eigenvalue weighted by Gasteiger charge is 2.13. The van der Waals surface area contributed by atoms with Crippen LogP contribution in [-0.2, 0) is 22.7 Å². The average Bonchev–Trinajstić information content (AvgIpc) is 3.20. The van der Waals surface area contributed by atoms with E-state index < -0.39 is 0 Å². The maximum atomic E-state index is 12.4. The van der Waals surface area contributed by atoms with Gasteiger partial charge in [-0.1, -0.05) is 11.3 Å².